The Morgan fingerprint density at radius 1 is 0.811 bits per heavy atom. The maximum Gasteiger partial charge on any atom is 0.265 e. The molecule has 0 aliphatic carbocycles. The summed E-state index contributed by atoms with van der Waals surface area (Å²) in [6.45, 7) is 1.87. The molecule has 0 unspecified atom stereocenters. The number of ketones is 2. The highest BCUT2D eigenvalue weighted by molar-refractivity contribution is 7.93. The molecule has 0 spiro atoms. The van der Waals surface area contributed by atoms with Crippen molar-refractivity contribution >= 4 is 38.9 Å². The van der Waals surface area contributed by atoms with Crippen molar-refractivity contribution in [2.45, 2.75) is 30.2 Å². The molecule has 0 saturated carbocycles. The number of hydrogen-bond acceptors (Lipinski definition) is 4. The fraction of sp³-hybridized carbons (Fsp3) is 0.133. The van der Waals surface area contributed by atoms with Crippen molar-refractivity contribution in [2.24, 2.45) is 0 Å². The number of anilines is 1. The molecule has 0 bridgehead atoms. The summed E-state index contributed by atoms with van der Waals surface area (Å²) in [4.78, 5) is 27.4. The zero-order valence-corrected chi connectivity index (χ0v) is 21.6. The smallest absolute Gasteiger partial charge is 0.265 e. The van der Waals surface area contributed by atoms with E-state index in [-0.39, 0.29) is 22.9 Å². The monoisotopic (exact) mass is 529 g/mol. The molecule has 2 atom stereocenters. The Bertz CT molecular complexity index is 1570. The van der Waals surface area contributed by atoms with Crippen LogP contribution in [-0.4, -0.2) is 26.0 Å². The molecule has 0 radical (unpaired) electrons. The number of fused-ring (bicyclic) bond motifs is 1. The first-order chi connectivity index (χ1) is 17.8. The van der Waals surface area contributed by atoms with Crippen molar-refractivity contribution in [1.82, 2.24) is 0 Å². The van der Waals surface area contributed by atoms with E-state index in [9.17, 15) is 18.0 Å². The van der Waals surface area contributed by atoms with Crippen molar-refractivity contribution in [3.05, 3.63) is 130 Å². The first-order valence-electron chi connectivity index (χ1n) is 11.9. The molecule has 37 heavy (non-hydrogen) atoms. The van der Waals surface area contributed by atoms with Gasteiger partial charge in [-0.1, -0.05) is 90.0 Å². The summed E-state index contributed by atoms with van der Waals surface area (Å²) < 4.78 is 29.4. The molecule has 0 amide bonds. The third-order valence-corrected chi connectivity index (χ3v) is 8.71. The summed E-state index contributed by atoms with van der Waals surface area (Å²) in [6.07, 6.45) is -0.0550. The summed E-state index contributed by atoms with van der Waals surface area (Å²) in [5.74, 6) is -1.29. The van der Waals surface area contributed by atoms with Gasteiger partial charge in [0.2, 0.25) is 0 Å². The minimum absolute atomic E-state index is 0.0550. The van der Waals surface area contributed by atoms with Crippen LogP contribution >= 0.6 is 11.6 Å². The van der Waals surface area contributed by atoms with Crippen LogP contribution in [0, 0.1) is 6.92 Å². The van der Waals surface area contributed by atoms with Gasteiger partial charge in [-0.05, 0) is 42.8 Å². The van der Waals surface area contributed by atoms with Crippen LogP contribution in [0.25, 0.3) is 0 Å². The Kier molecular flexibility index (Phi) is 6.71. The third kappa shape index (κ3) is 4.70. The van der Waals surface area contributed by atoms with Crippen LogP contribution in [0.5, 0.6) is 0 Å². The van der Waals surface area contributed by atoms with Gasteiger partial charge >= 0.3 is 0 Å². The molecule has 1 aliphatic heterocycles. The summed E-state index contributed by atoms with van der Waals surface area (Å²) >= 11 is 6.35. The lowest BCUT2D eigenvalue weighted by Gasteiger charge is -2.29. The van der Waals surface area contributed by atoms with Crippen molar-refractivity contribution < 1.29 is 18.0 Å². The molecule has 0 fully saturated rings. The number of rotatable bonds is 7. The van der Waals surface area contributed by atoms with Crippen LogP contribution in [0.4, 0.5) is 5.69 Å². The molecule has 5 nitrogen and oxygen atoms in total. The molecule has 5 rings (SSSR count). The van der Waals surface area contributed by atoms with E-state index >= 15 is 0 Å². The van der Waals surface area contributed by atoms with Gasteiger partial charge in [0.05, 0.1) is 10.6 Å². The molecule has 7 heteroatoms. The molecule has 1 heterocycles. The Hall–Kier alpha value is -3.74. The quantitative estimate of drug-likeness (QED) is 0.257. The fourth-order valence-corrected chi connectivity index (χ4v) is 6.69. The van der Waals surface area contributed by atoms with Gasteiger partial charge in [0.15, 0.2) is 11.6 Å². The summed E-state index contributed by atoms with van der Waals surface area (Å²) in [6, 6.07) is 27.6. The lowest BCUT2D eigenvalue weighted by Crippen LogP contribution is -2.45. The van der Waals surface area contributed by atoms with E-state index in [4.69, 9.17) is 11.6 Å². The van der Waals surface area contributed by atoms with Crippen LogP contribution in [0.3, 0.4) is 0 Å². The Labute approximate surface area is 221 Å². The minimum Gasteiger partial charge on any atom is -0.294 e. The van der Waals surface area contributed by atoms with Gasteiger partial charge in [0.25, 0.3) is 10.0 Å². The summed E-state index contributed by atoms with van der Waals surface area (Å²) in [5, 5.41) is 0.399. The number of halogens is 1. The number of nitrogens with zero attached hydrogens (tertiary/aromatic N) is 1. The molecule has 4 aromatic carbocycles. The molecule has 1 aliphatic rings. The van der Waals surface area contributed by atoms with Gasteiger partial charge in [-0.3, -0.25) is 13.9 Å². The number of carbonyl (C=O) groups excluding carboxylic acids is 2. The molecule has 0 N–H and O–H groups in total. The van der Waals surface area contributed by atoms with Gasteiger partial charge in [0.1, 0.15) is 6.04 Å². The summed E-state index contributed by atoms with van der Waals surface area (Å²) in [5.41, 5.74) is 2.69. The van der Waals surface area contributed by atoms with E-state index in [2.05, 4.69) is 0 Å². The van der Waals surface area contributed by atoms with E-state index in [1.54, 1.807) is 84.9 Å². The topological polar surface area (TPSA) is 71.5 Å². The van der Waals surface area contributed by atoms with Crippen molar-refractivity contribution in [3.63, 3.8) is 0 Å². The first-order valence-corrected chi connectivity index (χ1v) is 13.7. The maximum absolute atomic E-state index is 14.1. The predicted molar refractivity (Wildman–Crippen MR) is 145 cm³/mol. The van der Waals surface area contributed by atoms with Crippen molar-refractivity contribution in [2.75, 3.05) is 4.31 Å². The second-order valence-electron chi connectivity index (χ2n) is 9.09. The number of sulfonamides is 1. The Morgan fingerprint density at radius 3 is 2.03 bits per heavy atom. The van der Waals surface area contributed by atoms with Crippen LogP contribution in [0.1, 0.15) is 44.2 Å². The molecule has 186 valence electrons. The van der Waals surface area contributed by atoms with E-state index in [0.717, 1.165) is 5.56 Å². The van der Waals surface area contributed by atoms with Gasteiger partial charge in [-0.2, -0.15) is 0 Å². The van der Waals surface area contributed by atoms with E-state index in [0.29, 0.717) is 27.4 Å². The SMILES string of the molecule is Cc1ccc(S(=O)(=O)N2c3ccc(Cl)cc3[C@@H](CC(=O)c3ccccc3)[C@H]2C(=O)c2ccccc2)cc1. The number of carbonyl (C=O) groups is 2. The van der Waals surface area contributed by atoms with Gasteiger partial charge in [-0.25, -0.2) is 8.42 Å². The number of hydrogen-bond donors (Lipinski definition) is 0. The zero-order valence-electron chi connectivity index (χ0n) is 20.0. The largest absolute Gasteiger partial charge is 0.294 e. The first kappa shape index (κ1) is 24.9. The summed E-state index contributed by atoms with van der Waals surface area (Å²) in [7, 11) is -4.16. The molecule has 0 aromatic heterocycles. The van der Waals surface area contributed by atoms with Gasteiger partial charge in [-0.15, -0.1) is 0 Å². The number of aryl methyl sites for hydroxylation is 1. The highest BCUT2D eigenvalue weighted by atomic mass is 35.5. The Balaban J connectivity index is 1.69. The van der Waals surface area contributed by atoms with E-state index in [1.165, 1.54) is 16.4 Å². The lowest BCUT2D eigenvalue weighted by molar-refractivity contribution is 0.0930. The van der Waals surface area contributed by atoms with Gasteiger partial charge < -0.3 is 0 Å². The van der Waals surface area contributed by atoms with Crippen LogP contribution < -0.4 is 4.31 Å². The highest BCUT2D eigenvalue weighted by Gasteiger charge is 2.49. The van der Waals surface area contributed by atoms with E-state index < -0.39 is 22.0 Å². The highest BCUT2D eigenvalue weighted by Crippen LogP contribution is 2.48. The standard InChI is InChI=1S/C30H24ClNO4S/c1-20-12-15-24(16-13-20)37(35,36)32-27-17-14-23(31)18-25(27)26(19-28(33)21-8-4-2-5-9-21)29(32)30(34)22-10-6-3-7-11-22/h2-18,26,29H,19H2,1H3/t26-,29+/m1/s1. The molecular weight excluding hydrogens is 506 g/mol. The molecule has 0 saturated heterocycles. The lowest BCUT2D eigenvalue weighted by atomic mass is 9.85. The molecule has 4 aromatic rings. The maximum atomic E-state index is 14.1. The zero-order chi connectivity index (χ0) is 26.2. The van der Waals surface area contributed by atoms with Crippen LogP contribution in [0.15, 0.2) is 108 Å². The normalized spacial score (nSPS) is 16.9. The predicted octanol–water partition coefficient (Wildman–Crippen LogP) is 6.47. The van der Waals surface area contributed by atoms with Crippen molar-refractivity contribution in [3.8, 4) is 0 Å². The fourth-order valence-electron chi connectivity index (χ4n) is 4.83. The van der Waals surface area contributed by atoms with Crippen LogP contribution in [0.2, 0.25) is 5.02 Å². The molecular formula is C30H24ClNO4S. The third-order valence-electron chi connectivity index (χ3n) is 6.67. The number of Topliss-reactive ketones (excluding diaryl/α,β-unsaturated/α-hetero) is 2. The van der Waals surface area contributed by atoms with Crippen molar-refractivity contribution in [1.29, 1.82) is 0 Å². The second kappa shape index (κ2) is 9.96. The number of benzene rings is 4. The average Bonchev–Trinajstić information content (AvgIpc) is 3.23. The van der Waals surface area contributed by atoms with Crippen LogP contribution in [-0.2, 0) is 10.0 Å². The minimum atomic E-state index is -4.16. The Morgan fingerprint density at radius 2 is 1.41 bits per heavy atom. The van der Waals surface area contributed by atoms with Gasteiger partial charge in [0, 0.05) is 28.5 Å². The van der Waals surface area contributed by atoms with E-state index in [1.807, 2.05) is 13.0 Å². The average molecular weight is 530 g/mol. The second-order valence-corrected chi connectivity index (χ2v) is 11.3.